The Morgan fingerprint density at radius 1 is 0.952 bits per heavy atom. The molecule has 3 rings (SSSR count). The van der Waals surface area contributed by atoms with Gasteiger partial charge < -0.3 is 27.5 Å². The lowest BCUT2D eigenvalue weighted by Gasteiger charge is -2.04. The standard InChI is InChI=1S/C16H14N2OS.BrH/c1-19-13-9-7-11(8-10-13)14-15(20-16(17)18-14)12-5-3-2-4-6-12;/h2-10H,1H3,(H2,17,18);1H/p-1. The van der Waals surface area contributed by atoms with Crippen LogP contribution in [0, 0.1) is 0 Å². The van der Waals surface area contributed by atoms with Gasteiger partial charge in [-0.25, -0.2) is 4.98 Å². The zero-order valence-electron chi connectivity index (χ0n) is 11.4. The number of benzene rings is 2. The minimum Gasteiger partial charge on any atom is -1.00 e. The molecule has 0 atom stereocenters. The first kappa shape index (κ1) is 15.5. The second kappa shape index (κ2) is 6.74. The number of ether oxygens (including phenoxy) is 1. The van der Waals surface area contributed by atoms with Gasteiger partial charge >= 0.3 is 0 Å². The Morgan fingerprint density at radius 3 is 2.24 bits per heavy atom. The van der Waals surface area contributed by atoms with Crippen molar-refractivity contribution in [1.29, 1.82) is 0 Å². The van der Waals surface area contributed by atoms with Crippen molar-refractivity contribution in [3.63, 3.8) is 0 Å². The molecule has 0 saturated heterocycles. The van der Waals surface area contributed by atoms with E-state index in [0.717, 1.165) is 27.4 Å². The maximum Gasteiger partial charge on any atom is 0.181 e. The lowest BCUT2D eigenvalue weighted by atomic mass is 10.1. The number of nitrogens with zero attached hydrogens (tertiary/aromatic N) is 1. The fraction of sp³-hybridized carbons (Fsp3) is 0.0625. The average molecular weight is 362 g/mol. The van der Waals surface area contributed by atoms with Crippen molar-refractivity contribution in [3.05, 3.63) is 54.6 Å². The number of methoxy groups -OCH3 is 1. The highest BCUT2D eigenvalue weighted by Crippen LogP contribution is 2.38. The fourth-order valence-corrected chi connectivity index (χ4v) is 2.93. The molecule has 0 unspecified atom stereocenters. The van der Waals surface area contributed by atoms with Gasteiger partial charge in [-0.3, -0.25) is 0 Å². The van der Waals surface area contributed by atoms with Crippen LogP contribution in [0.15, 0.2) is 54.6 Å². The molecule has 0 spiro atoms. The molecule has 3 aromatic rings. The summed E-state index contributed by atoms with van der Waals surface area (Å²) in [7, 11) is 1.66. The minimum absolute atomic E-state index is 0. The summed E-state index contributed by atoms with van der Waals surface area (Å²) in [6.45, 7) is 0. The summed E-state index contributed by atoms with van der Waals surface area (Å²) in [5, 5.41) is 0.578. The van der Waals surface area contributed by atoms with Crippen molar-refractivity contribution in [2.45, 2.75) is 0 Å². The molecule has 0 fully saturated rings. The molecule has 0 radical (unpaired) electrons. The summed E-state index contributed by atoms with van der Waals surface area (Å²) in [6, 6.07) is 18.0. The fourth-order valence-electron chi connectivity index (χ4n) is 2.07. The third-order valence-electron chi connectivity index (χ3n) is 3.04. The molecule has 0 aliphatic rings. The van der Waals surface area contributed by atoms with Crippen LogP contribution in [0.5, 0.6) is 5.75 Å². The van der Waals surface area contributed by atoms with Crippen LogP contribution in [0.2, 0.25) is 0 Å². The monoisotopic (exact) mass is 361 g/mol. The summed E-state index contributed by atoms with van der Waals surface area (Å²) in [5.41, 5.74) is 8.98. The van der Waals surface area contributed by atoms with Gasteiger partial charge in [0.25, 0.3) is 0 Å². The largest absolute Gasteiger partial charge is 1.00 e. The zero-order valence-corrected chi connectivity index (χ0v) is 13.8. The first-order chi connectivity index (χ1) is 9.78. The molecule has 2 aromatic carbocycles. The van der Waals surface area contributed by atoms with E-state index in [1.165, 1.54) is 11.3 Å². The van der Waals surface area contributed by atoms with Crippen molar-refractivity contribution in [2.75, 3.05) is 12.8 Å². The van der Waals surface area contributed by atoms with Crippen LogP contribution < -0.4 is 27.5 Å². The third-order valence-corrected chi connectivity index (χ3v) is 3.98. The molecule has 108 valence electrons. The lowest BCUT2D eigenvalue weighted by molar-refractivity contribution is -0.00000425. The zero-order chi connectivity index (χ0) is 13.9. The minimum atomic E-state index is 0. The predicted molar refractivity (Wildman–Crippen MR) is 84.0 cm³/mol. The first-order valence-corrected chi connectivity index (χ1v) is 7.06. The number of halogens is 1. The van der Waals surface area contributed by atoms with E-state index in [1.807, 2.05) is 42.5 Å². The molecule has 0 saturated carbocycles. The van der Waals surface area contributed by atoms with Crippen LogP contribution in [-0.4, -0.2) is 12.1 Å². The molecule has 1 aromatic heterocycles. The smallest absolute Gasteiger partial charge is 0.181 e. The summed E-state index contributed by atoms with van der Waals surface area (Å²) in [5.74, 6) is 0.832. The Bertz CT molecular complexity index is 711. The Labute approximate surface area is 138 Å². The molecule has 0 aliphatic heterocycles. The highest BCUT2D eigenvalue weighted by atomic mass is 79.9. The van der Waals surface area contributed by atoms with E-state index in [1.54, 1.807) is 7.11 Å². The maximum absolute atomic E-state index is 5.89. The van der Waals surface area contributed by atoms with Crippen LogP contribution in [-0.2, 0) is 0 Å². The number of hydrogen-bond donors (Lipinski definition) is 1. The molecule has 3 nitrogen and oxygen atoms in total. The van der Waals surface area contributed by atoms with Gasteiger partial charge in [0, 0.05) is 5.56 Å². The van der Waals surface area contributed by atoms with Crippen LogP contribution >= 0.6 is 11.3 Å². The van der Waals surface area contributed by atoms with Crippen LogP contribution in [0.25, 0.3) is 21.7 Å². The van der Waals surface area contributed by atoms with E-state index in [0.29, 0.717) is 5.13 Å². The van der Waals surface area contributed by atoms with E-state index in [4.69, 9.17) is 10.5 Å². The quantitative estimate of drug-likeness (QED) is 0.759. The maximum atomic E-state index is 5.89. The summed E-state index contributed by atoms with van der Waals surface area (Å²) < 4.78 is 5.18. The first-order valence-electron chi connectivity index (χ1n) is 6.24. The molecule has 0 aliphatic carbocycles. The molecule has 2 N–H and O–H groups in total. The molecule has 0 amide bonds. The lowest BCUT2D eigenvalue weighted by Crippen LogP contribution is -3.00. The van der Waals surface area contributed by atoms with Gasteiger partial charge in [0.05, 0.1) is 17.7 Å². The van der Waals surface area contributed by atoms with E-state index in [9.17, 15) is 0 Å². The van der Waals surface area contributed by atoms with Gasteiger partial charge in [0.15, 0.2) is 5.13 Å². The number of hydrogen-bond acceptors (Lipinski definition) is 4. The predicted octanol–water partition coefficient (Wildman–Crippen LogP) is 1.07. The van der Waals surface area contributed by atoms with E-state index < -0.39 is 0 Å². The van der Waals surface area contributed by atoms with Crippen LogP contribution in [0.4, 0.5) is 5.13 Å². The third kappa shape index (κ3) is 3.25. The summed E-state index contributed by atoms with van der Waals surface area (Å²) in [6.07, 6.45) is 0. The van der Waals surface area contributed by atoms with E-state index in [-0.39, 0.29) is 17.0 Å². The second-order valence-electron chi connectivity index (χ2n) is 4.32. The normalized spacial score (nSPS) is 9.95. The number of anilines is 1. The van der Waals surface area contributed by atoms with Gasteiger partial charge in [-0.1, -0.05) is 41.7 Å². The van der Waals surface area contributed by atoms with Crippen LogP contribution in [0.1, 0.15) is 0 Å². The van der Waals surface area contributed by atoms with Crippen molar-refractivity contribution >= 4 is 16.5 Å². The van der Waals surface area contributed by atoms with Crippen molar-refractivity contribution in [3.8, 4) is 27.4 Å². The second-order valence-corrected chi connectivity index (χ2v) is 5.36. The van der Waals surface area contributed by atoms with Crippen molar-refractivity contribution < 1.29 is 21.7 Å². The Kier molecular flexibility index (Phi) is 4.98. The van der Waals surface area contributed by atoms with Crippen molar-refractivity contribution in [1.82, 2.24) is 4.98 Å². The molecular weight excluding hydrogens is 348 g/mol. The van der Waals surface area contributed by atoms with Gasteiger partial charge in [-0.2, -0.15) is 0 Å². The van der Waals surface area contributed by atoms with Crippen LogP contribution in [0.3, 0.4) is 0 Å². The number of aromatic nitrogens is 1. The topological polar surface area (TPSA) is 48.1 Å². The van der Waals surface area contributed by atoms with Gasteiger partial charge in [0.1, 0.15) is 5.75 Å². The Balaban J connectivity index is 0.00000161. The summed E-state index contributed by atoms with van der Waals surface area (Å²) in [4.78, 5) is 5.56. The summed E-state index contributed by atoms with van der Waals surface area (Å²) >= 11 is 1.51. The number of thiazole rings is 1. The molecule has 5 heteroatoms. The van der Waals surface area contributed by atoms with Gasteiger partial charge in [-0.15, -0.1) is 0 Å². The highest BCUT2D eigenvalue weighted by molar-refractivity contribution is 7.19. The molecule has 1 heterocycles. The molecule has 0 bridgehead atoms. The van der Waals surface area contributed by atoms with Crippen molar-refractivity contribution in [2.24, 2.45) is 0 Å². The highest BCUT2D eigenvalue weighted by Gasteiger charge is 2.13. The number of rotatable bonds is 3. The molecular formula is C16H14BrN2OS-. The average Bonchev–Trinajstić information content (AvgIpc) is 2.90. The number of nitrogen functional groups attached to an aromatic ring is 1. The SMILES string of the molecule is COc1ccc(-c2nc(N)sc2-c2ccccc2)cc1.[Br-]. The van der Waals surface area contributed by atoms with Gasteiger partial charge in [-0.05, 0) is 29.8 Å². The van der Waals surface area contributed by atoms with Gasteiger partial charge in [0.2, 0.25) is 0 Å². The van der Waals surface area contributed by atoms with E-state index >= 15 is 0 Å². The number of nitrogens with two attached hydrogens (primary N) is 1. The van der Waals surface area contributed by atoms with E-state index in [2.05, 4.69) is 17.1 Å². The Morgan fingerprint density at radius 2 is 1.62 bits per heavy atom. The Hall–Kier alpha value is -1.85. The molecule has 21 heavy (non-hydrogen) atoms.